The first-order chi connectivity index (χ1) is 9.25. The molecule has 1 unspecified atom stereocenters. The lowest BCUT2D eigenvalue weighted by Gasteiger charge is -2.34. The summed E-state index contributed by atoms with van der Waals surface area (Å²) in [7, 11) is 0. The van der Waals surface area contributed by atoms with Crippen molar-refractivity contribution in [2.75, 3.05) is 11.4 Å². The van der Waals surface area contributed by atoms with Crippen molar-refractivity contribution in [1.29, 1.82) is 0 Å². The van der Waals surface area contributed by atoms with Crippen LogP contribution >= 0.6 is 0 Å². The van der Waals surface area contributed by atoms with E-state index in [1.807, 2.05) is 12.3 Å². The number of benzene rings is 1. The van der Waals surface area contributed by atoms with Gasteiger partial charge in [0.05, 0.1) is 12.2 Å². The van der Waals surface area contributed by atoms with Gasteiger partial charge in [-0.1, -0.05) is 24.3 Å². The molecule has 2 N–H and O–H groups in total. The number of aromatic nitrogens is 1. The van der Waals surface area contributed by atoms with Crippen molar-refractivity contribution in [2.24, 2.45) is 5.73 Å². The van der Waals surface area contributed by atoms with Crippen LogP contribution in [-0.4, -0.2) is 11.5 Å². The maximum atomic E-state index is 6.19. The number of rotatable bonds is 2. The molecule has 3 rings (SSSR count). The van der Waals surface area contributed by atoms with Gasteiger partial charge in [-0.25, -0.2) is 0 Å². The molecule has 0 bridgehead atoms. The first-order valence-corrected chi connectivity index (χ1v) is 6.75. The smallest absolute Gasteiger partial charge is 0.0626 e. The predicted molar refractivity (Wildman–Crippen MR) is 78.0 cm³/mol. The van der Waals surface area contributed by atoms with E-state index in [1.54, 1.807) is 0 Å². The number of para-hydroxylation sites is 1. The van der Waals surface area contributed by atoms with Crippen LogP contribution in [0.4, 0.5) is 5.69 Å². The molecule has 2 aromatic rings. The Bertz CT molecular complexity index is 580. The Morgan fingerprint density at radius 3 is 2.95 bits per heavy atom. The van der Waals surface area contributed by atoms with Crippen LogP contribution < -0.4 is 10.6 Å². The Labute approximate surface area is 114 Å². The molecule has 98 valence electrons. The molecular formula is C16H19N3. The standard InChI is InChI=1S/C16H19N3/c1-12-5-4-9-18-15(12)11-19-10-8-14(17)13-6-2-3-7-16(13)19/h2-7,9,14H,8,10-11,17H2,1H3. The minimum atomic E-state index is 0.164. The minimum absolute atomic E-state index is 0.164. The number of fused-ring (bicyclic) bond motifs is 1. The Hall–Kier alpha value is -1.87. The van der Waals surface area contributed by atoms with E-state index >= 15 is 0 Å². The van der Waals surface area contributed by atoms with E-state index in [2.05, 4.69) is 47.1 Å². The van der Waals surface area contributed by atoms with Gasteiger partial charge in [-0.3, -0.25) is 4.98 Å². The predicted octanol–water partition coefficient (Wildman–Crippen LogP) is 2.80. The van der Waals surface area contributed by atoms with Gasteiger partial charge in [0, 0.05) is 24.5 Å². The fourth-order valence-electron chi connectivity index (χ4n) is 2.69. The van der Waals surface area contributed by atoms with E-state index in [4.69, 9.17) is 5.73 Å². The van der Waals surface area contributed by atoms with Gasteiger partial charge in [-0.2, -0.15) is 0 Å². The largest absolute Gasteiger partial charge is 0.365 e. The lowest BCUT2D eigenvalue weighted by molar-refractivity contribution is 0.587. The highest BCUT2D eigenvalue weighted by Crippen LogP contribution is 2.32. The van der Waals surface area contributed by atoms with Crippen molar-refractivity contribution in [2.45, 2.75) is 25.9 Å². The number of pyridine rings is 1. The highest BCUT2D eigenvalue weighted by Gasteiger charge is 2.22. The van der Waals surface area contributed by atoms with Crippen LogP contribution in [0.2, 0.25) is 0 Å². The molecule has 2 heterocycles. The van der Waals surface area contributed by atoms with Gasteiger partial charge in [-0.05, 0) is 36.6 Å². The normalized spacial score (nSPS) is 18.2. The van der Waals surface area contributed by atoms with Crippen molar-refractivity contribution in [1.82, 2.24) is 4.98 Å². The van der Waals surface area contributed by atoms with E-state index in [0.29, 0.717) is 0 Å². The Morgan fingerprint density at radius 1 is 1.26 bits per heavy atom. The van der Waals surface area contributed by atoms with Gasteiger partial charge in [0.1, 0.15) is 0 Å². The summed E-state index contributed by atoms with van der Waals surface area (Å²) in [6.07, 6.45) is 2.87. The quantitative estimate of drug-likeness (QED) is 0.895. The number of hydrogen-bond acceptors (Lipinski definition) is 3. The molecule has 0 aliphatic carbocycles. The molecule has 3 heteroatoms. The number of aryl methyl sites for hydroxylation is 1. The number of hydrogen-bond donors (Lipinski definition) is 1. The Kier molecular flexibility index (Phi) is 3.22. The second-order valence-electron chi connectivity index (χ2n) is 5.14. The molecule has 0 saturated heterocycles. The van der Waals surface area contributed by atoms with Gasteiger partial charge in [0.15, 0.2) is 0 Å². The van der Waals surface area contributed by atoms with Crippen molar-refractivity contribution in [3.05, 3.63) is 59.4 Å². The zero-order valence-corrected chi connectivity index (χ0v) is 11.2. The lowest BCUT2D eigenvalue weighted by Crippen LogP contribution is -2.33. The van der Waals surface area contributed by atoms with Crippen LogP contribution in [0.15, 0.2) is 42.6 Å². The fourth-order valence-corrected chi connectivity index (χ4v) is 2.69. The van der Waals surface area contributed by atoms with Crippen molar-refractivity contribution in [3.63, 3.8) is 0 Å². The minimum Gasteiger partial charge on any atom is -0.365 e. The molecule has 1 atom stereocenters. The molecule has 3 nitrogen and oxygen atoms in total. The number of nitrogens with zero attached hydrogens (tertiary/aromatic N) is 2. The average molecular weight is 253 g/mol. The van der Waals surface area contributed by atoms with Crippen molar-refractivity contribution in [3.8, 4) is 0 Å². The number of nitrogens with two attached hydrogens (primary N) is 1. The summed E-state index contributed by atoms with van der Waals surface area (Å²) in [6.45, 7) is 3.97. The SMILES string of the molecule is Cc1cccnc1CN1CCC(N)c2ccccc21. The van der Waals surface area contributed by atoms with Crippen molar-refractivity contribution >= 4 is 5.69 Å². The molecule has 0 spiro atoms. The van der Waals surface area contributed by atoms with Gasteiger partial charge in [-0.15, -0.1) is 0 Å². The molecule has 1 aliphatic rings. The van der Waals surface area contributed by atoms with Gasteiger partial charge in [0.2, 0.25) is 0 Å². The van der Waals surface area contributed by atoms with E-state index in [1.165, 1.54) is 16.8 Å². The summed E-state index contributed by atoms with van der Waals surface area (Å²) in [5.41, 5.74) is 11.1. The van der Waals surface area contributed by atoms with Crippen LogP contribution in [0.5, 0.6) is 0 Å². The summed E-state index contributed by atoms with van der Waals surface area (Å²) >= 11 is 0. The third-order valence-electron chi connectivity index (χ3n) is 3.85. The monoisotopic (exact) mass is 253 g/mol. The van der Waals surface area contributed by atoms with Crippen LogP contribution in [0.3, 0.4) is 0 Å². The zero-order chi connectivity index (χ0) is 13.2. The molecule has 0 amide bonds. The third kappa shape index (κ3) is 2.34. The van der Waals surface area contributed by atoms with Gasteiger partial charge in [0.25, 0.3) is 0 Å². The second kappa shape index (κ2) is 5.02. The second-order valence-corrected chi connectivity index (χ2v) is 5.14. The molecule has 19 heavy (non-hydrogen) atoms. The summed E-state index contributed by atoms with van der Waals surface area (Å²) in [5, 5.41) is 0. The number of anilines is 1. The summed E-state index contributed by atoms with van der Waals surface area (Å²) in [6, 6.07) is 12.7. The Balaban J connectivity index is 1.91. The maximum Gasteiger partial charge on any atom is 0.0626 e. The summed E-state index contributed by atoms with van der Waals surface area (Å²) in [4.78, 5) is 6.87. The first kappa shape index (κ1) is 12.2. The van der Waals surface area contributed by atoms with Crippen LogP contribution in [0.1, 0.15) is 29.3 Å². The lowest BCUT2D eigenvalue weighted by atomic mass is 9.97. The van der Waals surface area contributed by atoms with E-state index in [9.17, 15) is 0 Å². The molecular weight excluding hydrogens is 234 g/mol. The van der Waals surface area contributed by atoms with Crippen LogP contribution in [-0.2, 0) is 6.54 Å². The highest BCUT2D eigenvalue weighted by atomic mass is 15.1. The van der Waals surface area contributed by atoms with Crippen LogP contribution in [0, 0.1) is 6.92 Å². The van der Waals surface area contributed by atoms with E-state index in [-0.39, 0.29) is 6.04 Å². The summed E-state index contributed by atoms with van der Waals surface area (Å²) in [5.74, 6) is 0. The van der Waals surface area contributed by atoms with Gasteiger partial charge < -0.3 is 10.6 Å². The molecule has 1 aromatic heterocycles. The van der Waals surface area contributed by atoms with Crippen molar-refractivity contribution < 1.29 is 0 Å². The first-order valence-electron chi connectivity index (χ1n) is 6.75. The summed E-state index contributed by atoms with van der Waals surface area (Å²) < 4.78 is 0. The zero-order valence-electron chi connectivity index (χ0n) is 11.2. The van der Waals surface area contributed by atoms with E-state index < -0.39 is 0 Å². The fraction of sp³-hybridized carbons (Fsp3) is 0.312. The van der Waals surface area contributed by atoms with E-state index in [0.717, 1.165) is 25.2 Å². The molecule has 1 aliphatic heterocycles. The van der Waals surface area contributed by atoms with Gasteiger partial charge >= 0.3 is 0 Å². The molecule has 0 fully saturated rings. The molecule has 0 radical (unpaired) electrons. The third-order valence-corrected chi connectivity index (χ3v) is 3.85. The highest BCUT2D eigenvalue weighted by molar-refractivity contribution is 5.57. The molecule has 1 aromatic carbocycles. The molecule has 0 saturated carbocycles. The Morgan fingerprint density at radius 2 is 2.11 bits per heavy atom. The average Bonchev–Trinajstić information content (AvgIpc) is 2.44. The van der Waals surface area contributed by atoms with Crippen LogP contribution in [0.25, 0.3) is 0 Å². The maximum absolute atomic E-state index is 6.19. The topological polar surface area (TPSA) is 42.2 Å².